The highest BCUT2D eigenvalue weighted by Crippen LogP contribution is 2.52. The molecule has 3 aromatic rings. The zero-order chi connectivity index (χ0) is 26.1. The van der Waals surface area contributed by atoms with Crippen molar-refractivity contribution in [2.24, 2.45) is 4.99 Å². The zero-order valence-electron chi connectivity index (χ0n) is 22.5. The third kappa shape index (κ3) is 3.12. The first-order valence-electron chi connectivity index (χ1n) is 14.5. The van der Waals surface area contributed by atoms with E-state index in [2.05, 4.69) is 47.8 Å². The summed E-state index contributed by atoms with van der Waals surface area (Å²) in [4.78, 5) is 32.7. The van der Waals surface area contributed by atoms with Crippen LogP contribution in [0.1, 0.15) is 89.2 Å². The van der Waals surface area contributed by atoms with Crippen LogP contribution in [0, 0.1) is 0 Å². The Labute approximate surface area is 223 Å². The fraction of sp³-hybridized carbons (Fsp3) is 0.441. The lowest BCUT2D eigenvalue weighted by molar-refractivity contribution is 0.293. The Hall–Kier alpha value is -3.27. The first kappa shape index (κ1) is 23.8. The van der Waals surface area contributed by atoms with Crippen LogP contribution >= 0.6 is 0 Å². The molecule has 0 amide bonds. The molecule has 4 aliphatic rings. The molecule has 2 heterocycles. The van der Waals surface area contributed by atoms with Crippen molar-refractivity contribution in [2.75, 3.05) is 5.32 Å². The van der Waals surface area contributed by atoms with E-state index in [0.29, 0.717) is 10.4 Å². The highest BCUT2D eigenvalue weighted by molar-refractivity contribution is 6.26. The Balaban J connectivity index is 1.37. The van der Waals surface area contributed by atoms with E-state index in [9.17, 15) is 9.59 Å². The van der Waals surface area contributed by atoms with Crippen LogP contribution in [-0.2, 0) is 10.8 Å². The lowest BCUT2D eigenvalue weighted by Gasteiger charge is -2.40. The molecule has 0 saturated heterocycles. The van der Waals surface area contributed by atoms with E-state index in [4.69, 9.17) is 4.99 Å². The average Bonchev–Trinajstić information content (AvgIpc) is 3.43. The number of hydrogen-bond acceptors (Lipinski definition) is 4. The van der Waals surface area contributed by atoms with Crippen LogP contribution in [0.2, 0.25) is 0 Å². The first-order chi connectivity index (χ1) is 18.5. The number of fused-ring (bicyclic) bond motifs is 4. The van der Waals surface area contributed by atoms with Crippen molar-refractivity contribution in [2.45, 2.75) is 94.9 Å². The minimum atomic E-state index is -0.165. The van der Waals surface area contributed by atoms with Gasteiger partial charge in [-0.3, -0.25) is 14.6 Å². The first-order valence-corrected chi connectivity index (χ1v) is 14.5. The summed E-state index contributed by atoms with van der Waals surface area (Å²) in [6.45, 7) is 3.98. The smallest absolute Gasteiger partial charge is 0.201 e. The number of nitrogens with zero attached hydrogens (tertiary/aromatic N) is 1. The number of nitrogens with one attached hydrogen (secondary N) is 1. The van der Waals surface area contributed by atoms with Gasteiger partial charge >= 0.3 is 0 Å². The van der Waals surface area contributed by atoms with E-state index in [1.165, 1.54) is 36.8 Å². The van der Waals surface area contributed by atoms with Gasteiger partial charge in [-0.1, -0.05) is 74.9 Å². The van der Waals surface area contributed by atoms with Gasteiger partial charge < -0.3 is 5.32 Å². The van der Waals surface area contributed by atoms with Crippen LogP contribution < -0.4 is 26.6 Å². The molecule has 7 rings (SSSR count). The molecular formula is C34H36N2O2. The molecule has 4 heteroatoms. The Morgan fingerprint density at radius 2 is 1.37 bits per heavy atom. The van der Waals surface area contributed by atoms with Crippen molar-refractivity contribution in [3.63, 3.8) is 0 Å². The summed E-state index contributed by atoms with van der Waals surface area (Å²) in [5, 5.41) is 4.51. The molecule has 2 fully saturated rings. The molecule has 38 heavy (non-hydrogen) atoms. The molecule has 0 radical (unpaired) electrons. The third-order valence-corrected chi connectivity index (χ3v) is 10.3. The van der Waals surface area contributed by atoms with E-state index in [1.807, 2.05) is 19.9 Å². The molecule has 194 valence electrons. The maximum Gasteiger partial charge on any atom is 0.201 e. The summed E-state index contributed by atoms with van der Waals surface area (Å²) in [5.74, 6) is 0. The van der Waals surface area contributed by atoms with Gasteiger partial charge in [0.1, 0.15) is 0 Å². The van der Waals surface area contributed by atoms with E-state index < -0.39 is 0 Å². The van der Waals surface area contributed by atoms with Gasteiger partial charge in [0.15, 0.2) is 0 Å². The van der Waals surface area contributed by atoms with Gasteiger partial charge in [0.05, 0.1) is 27.9 Å². The Kier molecular flexibility index (Phi) is 5.41. The third-order valence-electron chi connectivity index (χ3n) is 10.3. The van der Waals surface area contributed by atoms with Gasteiger partial charge in [-0.25, -0.2) is 0 Å². The normalized spacial score (nSPS) is 22.7. The van der Waals surface area contributed by atoms with Crippen LogP contribution in [0.5, 0.6) is 0 Å². The number of para-hydroxylation sites is 2. The van der Waals surface area contributed by atoms with E-state index in [0.717, 1.165) is 66.8 Å². The van der Waals surface area contributed by atoms with Crippen molar-refractivity contribution < 1.29 is 0 Å². The van der Waals surface area contributed by atoms with Gasteiger partial charge in [-0.05, 0) is 73.9 Å². The van der Waals surface area contributed by atoms with Crippen molar-refractivity contribution in [3.8, 4) is 0 Å². The van der Waals surface area contributed by atoms with Crippen LogP contribution in [-0.4, -0.2) is 11.8 Å². The maximum absolute atomic E-state index is 13.8. The molecule has 2 aliphatic carbocycles. The maximum atomic E-state index is 13.8. The molecule has 2 saturated carbocycles. The predicted octanol–water partition coefficient (Wildman–Crippen LogP) is 5.31. The van der Waals surface area contributed by atoms with E-state index in [1.54, 1.807) is 0 Å². The summed E-state index contributed by atoms with van der Waals surface area (Å²) < 4.78 is 0. The lowest BCUT2D eigenvalue weighted by atomic mass is 9.64. The summed E-state index contributed by atoms with van der Waals surface area (Å²) in [7, 11) is 0. The average molecular weight is 505 g/mol. The van der Waals surface area contributed by atoms with Crippen LogP contribution in [0.4, 0.5) is 11.4 Å². The second-order valence-electron chi connectivity index (χ2n) is 12.2. The Morgan fingerprint density at radius 1 is 0.763 bits per heavy atom. The monoisotopic (exact) mass is 504 g/mol. The summed E-state index contributed by atoms with van der Waals surface area (Å²) in [6.07, 6.45) is 11.4. The molecular weight excluding hydrogens is 468 g/mol. The number of anilines is 1. The van der Waals surface area contributed by atoms with Gasteiger partial charge in [0.2, 0.25) is 10.9 Å². The number of hydrogen-bond donors (Lipinski definition) is 1. The fourth-order valence-corrected chi connectivity index (χ4v) is 8.55. The fourth-order valence-electron chi connectivity index (χ4n) is 8.55. The van der Waals surface area contributed by atoms with Gasteiger partial charge in [-0.2, -0.15) is 0 Å². The van der Waals surface area contributed by atoms with Crippen molar-refractivity contribution in [3.05, 3.63) is 90.5 Å². The predicted molar refractivity (Wildman–Crippen MR) is 156 cm³/mol. The number of aliphatic imine (C=N–C) groups is 1. The van der Waals surface area contributed by atoms with E-state index in [-0.39, 0.29) is 27.7 Å². The van der Waals surface area contributed by atoms with Crippen LogP contribution in [0.15, 0.2) is 63.1 Å². The molecule has 1 N–H and O–H groups in total. The molecule has 3 aromatic carbocycles. The molecule has 1 unspecified atom stereocenters. The quantitative estimate of drug-likeness (QED) is 0.515. The van der Waals surface area contributed by atoms with Gasteiger partial charge in [0.25, 0.3) is 0 Å². The Bertz CT molecular complexity index is 1640. The standard InChI is InChI=1S/C34H36N2O2/c1-21(31-33(17-9-3-10-18-33)23-13-5-7-15-25(23)35-31)27-29(37)28(30(27)38)22(2)32-34(19-11-4-12-20-34)24-14-6-8-16-26(24)36-32/h5-8,13-16,31,35H,3-4,9-12,17-20H2,1-2H3. The van der Waals surface area contributed by atoms with Crippen LogP contribution in [0.25, 0.3) is 11.1 Å². The van der Waals surface area contributed by atoms with Crippen molar-refractivity contribution in [1.29, 1.82) is 0 Å². The number of benzene rings is 2. The Morgan fingerprint density at radius 3 is 2.08 bits per heavy atom. The van der Waals surface area contributed by atoms with Crippen LogP contribution in [0.3, 0.4) is 0 Å². The highest BCUT2D eigenvalue weighted by Gasteiger charge is 2.48. The topological polar surface area (TPSA) is 58.5 Å². The van der Waals surface area contributed by atoms with E-state index >= 15 is 0 Å². The molecule has 0 bridgehead atoms. The van der Waals surface area contributed by atoms with Gasteiger partial charge in [-0.15, -0.1) is 0 Å². The molecule has 2 spiro atoms. The molecule has 0 aromatic heterocycles. The van der Waals surface area contributed by atoms with Crippen molar-refractivity contribution >= 4 is 28.2 Å². The zero-order valence-corrected chi connectivity index (χ0v) is 22.5. The number of rotatable bonds is 2. The second kappa shape index (κ2) is 8.62. The molecule has 2 aliphatic heterocycles. The lowest BCUT2D eigenvalue weighted by Crippen LogP contribution is -2.67. The van der Waals surface area contributed by atoms with Crippen molar-refractivity contribution in [1.82, 2.24) is 0 Å². The minimum Gasteiger partial charge on any atom is -0.377 e. The minimum absolute atomic E-state index is 0.0114. The van der Waals surface area contributed by atoms with Gasteiger partial charge in [0, 0.05) is 16.5 Å². The molecule has 1 atom stereocenters. The SMILES string of the molecule is CC(C1=Nc2ccccc2C12CCCCC2)=c1c(=O)c(=C(C)C2Nc3ccccc3C23CCCCC3)c1=O. The summed E-state index contributed by atoms with van der Waals surface area (Å²) in [5.41, 5.74) is 7.08. The highest BCUT2D eigenvalue weighted by atomic mass is 16.1. The largest absolute Gasteiger partial charge is 0.377 e. The summed E-state index contributed by atoms with van der Waals surface area (Å²) >= 11 is 0. The second-order valence-corrected chi connectivity index (χ2v) is 12.2. The summed E-state index contributed by atoms with van der Waals surface area (Å²) in [6, 6.07) is 16.9. The molecule has 4 nitrogen and oxygen atoms in total.